The Morgan fingerprint density at radius 3 is 2.76 bits per heavy atom. The van der Waals surface area contributed by atoms with Crippen LogP contribution in [0.1, 0.15) is 19.8 Å². The third kappa shape index (κ3) is 4.19. The minimum atomic E-state index is -3.36. The SMILES string of the molecule is CCC[CH2][Sn]12[O]CCN(CC[O]1)CC(Cn1cccn1)[O]2. The third-order valence-corrected chi connectivity index (χ3v) is 12.5. The molecule has 3 saturated heterocycles. The van der Waals surface area contributed by atoms with Crippen molar-refractivity contribution in [2.75, 3.05) is 32.8 Å². The van der Waals surface area contributed by atoms with E-state index in [4.69, 9.17) is 9.22 Å². The van der Waals surface area contributed by atoms with Crippen molar-refractivity contribution >= 4 is 19.6 Å². The summed E-state index contributed by atoms with van der Waals surface area (Å²) in [5.41, 5.74) is 0. The number of rotatable bonds is 5. The van der Waals surface area contributed by atoms with Crippen molar-refractivity contribution in [1.29, 1.82) is 0 Å². The second kappa shape index (κ2) is 7.41. The molecule has 0 N–H and O–H groups in total. The van der Waals surface area contributed by atoms with Gasteiger partial charge in [0, 0.05) is 0 Å². The van der Waals surface area contributed by atoms with Crippen molar-refractivity contribution in [2.45, 2.75) is 36.9 Å². The molecule has 118 valence electrons. The summed E-state index contributed by atoms with van der Waals surface area (Å²) in [6.07, 6.45) is 6.22. The number of unbranched alkanes of at least 4 members (excludes halogenated alkanes) is 1. The van der Waals surface area contributed by atoms with Gasteiger partial charge in [-0.25, -0.2) is 0 Å². The van der Waals surface area contributed by atoms with Crippen LogP contribution in [0, 0.1) is 0 Å². The molecule has 21 heavy (non-hydrogen) atoms. The van der Waals surface area contributed by atoms with E-state index in [1.165, 1.54) is 0 Å². The predicted molar refractivity (Wildman–Crippen MR) is 80.9 cm³/mol. The van der Waals surface area contributed by atoms with E-state index in [9.17, 15) is 0 Å². The summed E-state index contributed by atoms with van der Waals surface area (Å²) >= 11 is -3.36. The molecule has 0 amide bonds. The summed E-state index contributed by atoms with van der Waals surface area (Å²) in [5, 5.41) is 4.30. The molecular formula is C14H25N3O3Sn. The number of hydrogen-bond donors (Lipinski definition) is 0. The van der Waals surface area contributed by atoms with E-state index >= 15 is 0 Å². The Bertz CT molecular complexity index is 414. The van der Waals surface area contributed by atoms with E-state index in [1.54, 1.807) is 0 Å². The molecular weight excluding hydrogens is 377 g/mol. The van der Waals surface area contributed by atoms with Gasteiger partial charge >= 0.3 is 132 Å². The van der Waals surface area contributed by atoms with Crippen LogP contribution in [0.2, 0.25) is 4.44 Å². The summed E-state index contributed by atoms with van der Waals surface area (Å²) in [4.78, 5) is 2.38. The Morgan fingerprint density at radius 1 is 1.29 bits per heavy atom. The number of hydrogen-bond acceptors (Lipinski definition) is 5. The maximum atomic E-state index is 6.49. The van der Waals surface area contributed by atoms with Crippen LogP contribution in [-0.4, -0.2) is 73.3 Å². The van der Waals surface area contributed by atoms with Gasteiger partial charge < -0.3 is 0 Å². The second-order valence-corrected chi connectivity index (χ2v) is 13.4. The Kier molecular flexibility index (Phi) is 5.55. The van der Waals surface area contributed by atoms with Gasteiger partial charge in [0.05, 0.1) is 0 Å². The van der Waals surface area contributed by atoms with Gasteiger partial charge in [0.2, 0.25) is 0 Å². The van der Waals surface area contributed by atoms with Gasteiger partial charge in [-0.15, -0.1) is 0 Å². The molecule has 1 aromatic heterocycles. The minimum absolute atomic E-state index is 0.123. The average molecular weight is 402 g/mol. The van der Waals surface area contributed by atoms with E-state index < -0.39 is 19.6 Å². The predicted octanol–water partition coefficient (Wildman–Crippen LogP) is 1.37. The number of fused-ring (bicyclic) bond motifs is 6. The van der Waals surface area contributed by atoms with Gasteiger partial charge in [0.25, 0.3) is 0 Å². The molecule has 1 aromatic rings. The standard InChI is InChI=1S/C10H16N3O3.C4H9.Sn/c14-6-4-12(5-7-15)8-10(16)9-13-3-1-2-11-13;1-3-4-2;/h1-3,10H,4-9H2;1,3-4H2,2H3;/q-3;;+3. The van der Waals surface area contributed by atoms with Gasteiger partial charge in [-0.05, 0) is 0 Å². The first-order valence-corrected chi connectivity index (χ1v) is 13.5. The molecule has 0 spiro atoms. The average Bonchev–Trinajstić information content (AvgIpc) is 2.91. The number of nitrogens with zero attached hydrogens (tertiary/aromatic N) is 3. The summed E-state index contributed by atoms with van der Waals surface area (Å²) in [6, 6.07) is 1.95. The molecule has 0 saturated carbocycles. The fraction of sp³-hybridized carbons (Fsp3) is 0.786. The van der Waals surface area contributed by atoms with Gasteiger partial charge in [-0.3, -0.25) is 0 Å². The monoisotopic (exact) mass is 403 g/mol. The van der Waals surface area contributed by atoms with Crippen molar-refractivity contribution in [1.82, 2.24) is 14.7 Å². The Labute approximate surface area is 131 Å². The number of aromatic nitrogens is 2. The van der Waals surface area contributed by atoms with Crippen LogP contribution in [0.3, 0.4) is 0 Å². The van der Waals surface area contributed by atoms with Crippen LogP contribution in [-0.2, 0) is 15.8 Å². The zero-order chi connectivity index (χ0) is 14.5. The quantitative estimate of drug-likeness (QED) is 0.697. The normalized spacial score (nSPS) is 33.4. The van der Waals surface area contributed by atoms with Gasteiger partial charge in [-0.1, -0.05) is 0 Å². The van der Waals surface area contributed by atoms with E-state index in [1.807, 2.05) is 23.1 Å². The third-order valence-electron chi connectivity index (χ3n) is 4.05. The van der Waals surface area contributed by atoms with Crippen LogP contribution >= 0.6 is 0 Å². The van der Waals surface area contributed by atoms with Gasteiger partial charge in [0.1, 0.15) is 0 Å². The molecule has 0 aliphatic carbocycles. The zero-order valence-corrected chi connectivity index (χ0v) is 15.6. The van der Waals surface area contributed by atoms with Crippen LogP contribution in [0.15, 0.2) is 18.5 Å². The maximum absolute atomic E-state index is 6.49. The summed E-state index contributed by atoms with van der Waals surface area (Å²) in [6.45, 7) is 7.44. The molecule has 0 aromatic carbocycles. The van der Waals surface area contributed by atoms with E-state index in [-0.39, 0.29) is 6.10 Å². The van der Waals surface area contributed by atoms with E-state index in [0.29, 0.717) is 0 Å². The molecule has 4 heterocycles. The molecule has 3 fully saturated rings. The van der Waals surface area contributed by atoms with Gasteiger partial charge in [0.15, 0.2) is 0 Å². The first kappa shape index (κ1) is 15.7. The summed E-state index contributed by atoms with van der Waals surface area (Å²) < 4.78 is 21.8. The summed E-state index contributed by atoms with van der Waals surface area (Å²) in [7, 11) is 0. The first-order valence-electron chi connectivity index (χ1n) is 7.95. The van der Waals surface area contributed by atoms with Crippen LogP contribution in [0.25, 0.3) is 0 Å². The fourth-order valence-electron chi connectivity index (χ4n) is 2.95. The van der Waals surface area contributed by atoms with Crippen molar-refractivity contribution in [2.24, 2.45) is 0 Å². The van der Waals surface area contributed by atoms with Crippen LogP contribution in [0.5, 0.6) is 0 Å². The molecule has 6 nitrogen and oxygen atoms in total. The van der Waals surface area contributed by atoms with Crippen molar-refractivity contribution in [3.8, 4) is 0 Å². The molecule has 3 aliphatic rings. The van der Waals surface area contributed by atoms with E-state index in [0.717, 1.165) is 56.7 Å². The van der Waals surface area contributed by atoms with Crippen molar-refractivity contribution in [3.63, 3.8) is 0 Å². The molecule has 4 rings (SSSR count). The van der Waals surface area contributed by atoms with Crippen molar-refractivity contribution < 1.29 is 9.22 Å². The second-order valence-electron chi connectivity index (χ2n) is 5.75. The molecule has 2 bridgehead atoms. The van der Waals surface area contributed by atoms with Crippen LogP contribution in [0.4, 0.5) is 0 Å². The molecule has 1 atom stereocenters. The van der Waals surface area contributed by atoms with Crippen molar-refractivity contribution in [3.05, 3.63) is 18.5 Å². The van der Waals surface area contributed by atoms with Gasteiger partial charge in [-0.2, -0.15) is 0 Å². The molecule has 0 radical (unpaired) electrons. The zero-order valence-electron chi connectivity index (χ0n) is 12.7. The topological polar surface area (TPSA) is 48.8 Å². The Morgan fingerprint density at radius 2 is 2.10 bits per heavy atom. The Hall–Kier alpha value is -0.151. The fourth-order valence-corrected chi connectivity index (χ4v) is 11.2. The Balaban J connectivity index is 1.74. The summed E-state index contributed by atoms with van der Waals surface area (Å²) in [5.74, 6) is 0. The van der Waals surface area contributed by atoms with Crippen LogP contribution < -0.4 is 0 Å². The van der Waals surface area contributed by atoms with E-state index in [2.05, 4.69) is 16.9 Å². The molecule has 3 aliphatic heterocycles. The molecule has 7 heteroatoms. The first-order chi connectivity index (χ1) is 10.3. The molecule has 1 unspecified atom stereocenters.